The summed E-state index contributed by atoms with van der Waals surface area (Å²) in [5, 5.41) is 13.3. The second-order valence-corrected chi connectivity index (χ2v) is 3.01. The Hall–Kier alpha value is -1.58. The summed E-state index contributed by atoms with van der Waals surface area (Å²) in [6, 6.07) is 0. The Morgan fingerprint density at radius 2 is 2.31 bits per heavy atom. The monoisotopic (exact) mass is 177 g/mol. The van der Waals surface area contributed by atoms with E-state index in [2.05, 4.69) is 17.0 Å². The van der Waals surface area contributed by atoms with Crippen LogP contribution < -0.4 is 0 Å². The van der Waals surface area contributed by atoms with Crippen molar-refractivity contribution in [3.05, 3.63) is 24.2 Å². The van der Waals surface area contributed by atoms with Gasteiger partial charge in [0.25, 0.3) is 0 Å². The molecule has 0 amide bonds. The van der Waals surface area contributed by atoms with Gasteiger partial charge in [-0.05, 0) is 12.0 Å². The van der Waals surface area contributed by atoms with Crippen molar-refractivity contribution in [3.63, 3.8) is 0 Å². The summed E-state index contributed by atoms with van der Waals surface area (Å²) in [4.78, 5) is 4.11. The first kappa shape index (κ1) is 8.04. The van der Waals surface area contributed by atoms with Crippen molar-refractivity contribution in [2.45, 2.75) is 19.8 Å². The van der Waals surface area contributed by atoms with Gasteiger partial charge in [-0.3, -0.25) is 0 Å². The fourth-order valence-electron chi connectivity index (χ4n) is 1.32. The Morgan fingerprint density at radius 3 is 3.08 bits per heavy atom. The maximum atomic E-state index is 9.29. The maximum Gasteiger partial charge on any atom is 0.197 e. The zero-order valence-electron chi connectivity index (χ0n) is 7.44. The normalized spacial score (nSPS) is 10.8. The molecule has 2 rings (SSSR count). The molecule has 13 heavy (non-hydrogen) atoms. The summed E-state index contributed by atoms with van der Waals surface area (Å²) in [6.07, 6.45) is 7.15. The second kappa shape index (κ2) is 3.05. The molecular formula is C9H11N3O. The van der Waals surface area contributed by atoms with Crippen LogP contribution in [0.5, 0.6) is 5.75 Å². The van der Waals surface area contributed by atoms with Crippen LogP contribution in [0.4, 0.5) is 0 Å². The molecular weight excluding hydrogens is 166 g/mol. The molecule has 4 heteroatoms. The summed E-state index contributed by atoms with van der Waals surface area (Å²) in [6.45, 7) is 2.12. The lowest BCUT2D eigenvalue weighted by Crippen LogP contribution is -1.93. The minimum Gasteiger partial charge on any atom is -0.503 e. The average molecular weight is 177 g/mol. The molecule has 0 atom stereocenters. The van der Waals surface area contributed by atoms with Crippen LogP contribution in [0.15, 0.2) is 18.6 Å². The van der Waals surface area contributed by atoms with Crippen molar-refractivity contribution in [2.24, 2.45) is 0 Å². The molecule has 1 N–H and O–H groups in total. The van der Waals surface area contributed by atoms with Gasteiger partial charge in [-0.15, -0.1) is 0 Å². The maximum absolute atomic E-state index is 9.29. The minimum absolute atomic E-state index is 0.128. The van der Waals surface area contributed by atoms with Gasteiger partial charge in [0.2, 0.25) is 0 Å². The number of hydrogen-bond donors (Lipinski definition) is 1. The summed E-state index contributed by atoms with van der Waals surface area (Å²) >= 11 is 0. The zero-order valence-corrected chi connectivity index (χ0v) is 7.44. The molecule has 0 aliphatic heterocycles. The molecule has 2 aromatic rings. The summed E-state index contributed by atoms with van der Waals surface area (Å²) in [7, 11) is 0. The molecule has 0 bridgehead atoms. The van der Waals surface area contributed by atoms with Gasteiger partial charge in [0.15, 0.2) is 11.4 Å². The minimum atomic E-state index is 0.128. The Bertz CT molecular complexity index is 422. The topological polar surface area (TPSA) is 50.4 Å². The SMILES string of the molecule is CCCc1cnc2c(O)cnn2c1. The summed E-state index contributed by atoms with van der Waals surface area (Å²) < 4.78 is 1.60. The van der Waals surface area contributed by atoms with Gasteiger partial charge < -0.3 is 5.11 Å². The molecule has 0 unspecified atom stereocenters. The number of aromatic nitrogens is 3. The Labute approximate surface area is 75.8 Å². The van der Waals surface area contributed by atoms with Gasteiger partial charge in [-0.25, -0.2) is 9.50 Å². The quantitative estimate of drug-likeness (QED) is 0.754. The highest BCUT2D eigenvalue weighted by Gasteiger charge is 2.02. The molecule has 68 valence electrons. The van der Waals surface area contributed by atoms with Gasteiger partial charge in [0.1, 0.15) is 0 Å². The Morgan fingerprint density at radius 1 is 1.46 bits per heavy atom. The third kappa shape index (κ3) is 1.35. The summed E-state index contributed by atoms with van der Waals surface area (Å²) in [5.74, 6) is 0.128. The van der Waals surface area contributed by atoms with Crippen molar-refractivity contribution in [3.8, 4) is 5.75 Å². The van der Waals surface area contributed by atoms with Crippen LogP contribution in [0.3, 0.4) is 0 Å². The highest BCUT2D eigenvalue weighted by Crippen LogP contribution is 2.14. The van der Waals surface area contributed by atoms with E-state index in [1.807, 2.05) is 6.20 Å². The van der Waals surface area contributed by atoms with Crippen molar-refractivity contribution < 1.29 is 5.11 Å². The van der Waals surface area contributed by atoms with E-state index in [4.69, 9.17) is 0 Å². The van der Waals surface area contributed by atoms with E-state index in [1.165, 1.54) is 6.20 Å². The zero-order chi connectivity index (χ0) is 9.26. The fraction of sp³-hybridized carbons (Fsp3) is 0.333. The Kier molecular flexibility index (Phi) is 1.88. The van der Waals surface area contributed by atoms with Gasteiger partial charge >= 0.3 is 0 Å². The van der Waals surface area contributed by atoms with E-state index in [9.17, 15) is 5.11 Å². The number of aromatic hydroxyl groups is 1. The van der Waals surface area contributed by atoms with Crippen LogP contribution in [0.2, 0.25) is 0 Å². The molecule has 0 spiro atoms. The molecule has 2 aromatic heterocycles. The van der Waals surface area contributed by atoms with E-state index in [-0.39, 0.29) is 5.75 Å². The highest BCUT2D eigenvalue weighted by atomic mass is 16.3. The predicted molar refractivity (Wildman–Crippen MR) is 48.6 cm³/mol. The van der Waals surface area contributed by atoms with E-state index < -0.39 is 0 Å². The van der Waals surface area contributed by atoms with Crippen LogP contribution in [0.25, 0.3) is 5.65 Å². The van der Waals surface area contributed by atoms with Gasteiger partial charge in [-0.1, -0.05) is 13.3 Å². The van der Waals surface area contributed by atoms with Crippen LogP contribution >= 0.6 is 0 Å². The smallest absolute Gasteiger partial charge is 0.197 e. The van der Waals surface area contributed by atoms with E-state index in [0.717, 1.165) is 18.4 Å². The highest BCUT2D eigenvalue weighted by molar-refractivity contribution is 5.50. The number of nitrogens with zero attached hydrogens (tertiary/aromatic N) is 3. The molecule has 0 saturated heterocycles. The van der Waals surface area contributed by atoms with Crippen LogP contribution in [-0.2, 0) is 6.42 Å². The molecule has 0 aliphatic carbocycles. The number of hydrogen-bond acceptors (Lipinski definition) is 3. The van der Waals surface area contributed by atoms with E-state index in [1.54, 1.807) is 10.7 Å². The number of aryl methyl sites for hydroxylation is 1. The van der Waals surface area contributed by atoms with E-state index >= 15 is 0 Å². The van der Waals surface area contributed by atoms with Crippen molar-refractivity contribution >= 4 is 5.65 Å². The Balaban J connectivity index is 2.50. The molecule has 2 heterocycles. The average Bonchev–Trinajstić information content (AvgIpc) is 2.48. The van der Waals surface area contributed by atoms with Gasteiger partial charge in [0.05, 0.1) is 6.20 Å². The lowest BCUT2D eigenvalue weighted by atomic mass is 10.2. The number of fused-ring (bicyclic) bond motifs is 1. The van der Waals surface area contributed by atoms with Crippen LogP contribution in [0.1, 0.15) is 18.9 Å². The molecule has 0 saturated carbocycles. The first-order chi connectivity index (χ1) is 6.31. The lowest BCUT2D eigenvalue weighted by Gasteiger charge is -1.98. The van der Waals surface area contributed by atoms with Crippen molar-refractivity contribution in [2.75, 3.05) is 0 Å². The van der Waals surface area contributed by atoms with Crippen LogP contribution in [-0.4, -0.2) is 19.7 Å². The third-order valence-corrected chi connectivity index (χ3v) is 1.93. The largest absolute Gasteiger partial charge is 0.503 e. The summed E-state index contributed by atoms with van der Waals surface area (Å²) in [5.41, 5.74) is 1.65. The first-order valence-electron chi connectivity index (χ1n) is 4.32. The molecule has 0 radical (unpaired) electrons. The molecule has 0 fully saturated rings. The van der Waals surface area contributed by atoms with Crippen molar-refractivity contribution in [1.29, 1.82) is 0 Å². The molecule has 0 aromatic carbocycles. The second-order valence-electron chi connectivity index (χ2n) is 3.01. The fourth-order valence-corrected chi connectivity index (χ4v) is 1.32. The van der Waals surface area contributed by atoms with E-state index in [0.29, 0.717) is 5.65 Å². The van der Waals surface area contributed by atoms with Gasteiger partial charge in [0, 0.05) is 12.4 Å². The van der Waals surface area contributed by atoms with Crippen molar-refractivity contribution in [1.82, 2.24) is 14.6 Å². The number of rotatable bonds is 2. The standard InChI is InChI=1S/C9H11N3O/c1-2-3-7-4-10-9-8(13)5-11-12(9)6-7/h4-6,13H,2-3H2,1H3. The molecule has 4 nitrogen and oxygen atoms in total. The third-order valence-electron chi connectivity index (χ3n) is 1.93. The lowest BCUT2D eigenvalue weighted by molar-refractivity contribution is 0.480. The predicted octanol–water partition coefficient (Wildman–Crippen LogP) is 1.39. The first-order valence-corrected chi connectivity index (χ1v) is 4.32. The molecule has 0 aliphatic rings. The van der Waals surface area contributed by atoms with Crippen LogP contribution in [0, 0.1) is 0 Å². The van der Waals surface area contributed by atoms with Gasteiger partial charge in [-0.2, -0.15) is 5.10 Å².